The van der Waals surface area contributed by atoms with E-state index < -0.39 is 31.8 Å². The highest BCUT2D eigenvalue weighted by Gasteiger charge is 2.42. The van der Waals surface area contributed by atoms with Crippen molar-refractivity contribution >= 4 is 90.8 Å². The van der Waals surface area contributed by atoms with Gasteiger partial charge in [0.1, 0.15) is 10.1 Å². The Morgan fingerprint density at radius 2 is 1.83 bits per heavy atom. The Morgan fingerprint density at radius 3 is 2.42 bits per heavy atom. The summed E-state index contributed by atoms with van der Waals surface area (Å²) < 4.78 is 27.8. The summed E-state index contributed by atoms with van der Waals surface area (Å²) in [6.45, 7) is 0. The van der Waals surface area contributed by atoms with Crippen molar-refractivity contribution in [1.82, 2.24) is 10.2 Å². The number of hydrogen-bond donors (Lipinski definition) is 1. The van der Waals surface area contributed by atoms with E-state index >= 15 is 0 Å². The van der Waals surface area contributed by atoms with Crippen LogP contribution in [0.2, 0.25) is 0 Å². The van der Waals surface area contributed by atoms with Crippen LogP contribution in [0.3, 0.4) is 0 Å². The van der Waals surface area contributed by atoms with Crippen LogP contribution >= 0.6 is 58.8 Å². The van der Waals surface area contributed by atoms with Gasteiger partial charge in [-0.05, 0) is 42.3 Å². The number of carbonyl (C=O) groups is 2. The third kappa shape index (κ3) is 6.54. The van der Waals surface area contributed by atoms with Crippen LogP contribution in [0.4, 0.5) is 0 Å². The first kappa shape index (κ1) is 27.2. The molecule has 2 saturated heterocycles. The van der Waals surface area contributed by atoms with E-state index in [-0.39, 0.29) is 17.4 Å². The fourth-order valence-electron chi connectivity index (χ4n) is 3.67. The third-order valence-corrected chi connectivity index (χ3v) is 9.10. The minimum atomic E-state index is -3.16. The molecule has 190 valence electrons. The maximum atomic E-state index is 12.9. The molecule has 2 heterocycles. The van der Waals surface area contributed by atoms with Gasteiger partial charge in [-0.2, -0.15) is 0 Å². The SMILES string of the molecule is O=C(N[C@@H](Oc1ccc(/C=C2\SC(=S)N([C@H]3CCS(=O)(=O)C3)C2=O)cc1)C(Cl)(Cl)Cl)c1ccccc1. The highest BCUT2D eigenvalue weighted by atomic mass is 35.6. The molecule has 1 N–H and O–H groups in total. The van der Waals surface area contributed by atoms with E-state index in [9.17, 15) is 18.0 Å². The number of carbonyl (C=O) groups excluding carboxylic acids is 2. The highest BCUT2D eigenvalue weighted by molar-refractivity contribution is 8.26. The number of benzene rings is 2. The predicted molar refractivity (Wildman–Crippen MR) is 147 cm³/mol. The van der Waals surface area contributed by atoms with E-state index in [0.29, 0.717) is 32.5 Å². The molecule has 13 heteroatoms. The molecular weight excluding hydrogens is 587 g/mol. The first-order valence-electron chi connectivity index (χ1n) is 10.6. The summed E-state index contributed by atoms with van der Waals surface area (Å²) in [6.07, 6.45) is 0.759. The summed E-state index contributed by atoms with van der Waals surface area (Å²) in [5.74, 6) is -0.492. The molecule has 4 rings (SSSR count). The maximum absolute atomic E-state index is 12.9. The summed E-state index contributed by atoms with van der Waals surface area (Å²) >= 11 is 24.5. The molecule has 0 aliphatic carbocycles. The van der Waals surface area contributed by atoms with Gasteiger partial charge < -0.3 is 10.1 Å². The minimum absolute atomic E-state index is 0.0518. The van der Waals surface area contributed by atoms with Crippen LogP contribution in [0.15, 0.2) is 59.5 Å². The summed E-state index contributed by atoms with van der Waals surface area (Å²) in [7, 11) is -3.16. The summed E-state index contributed by atoms with van der Waals surface area (Å²) in [4.78, 5) is 27.2. The number of thioether (sulfide) groups is 1. The molecule has 36 heavy (non-hydrogen) atoms. The number of sulfone groups is 1. The van der Waals surface area contributed by atoms with Crippen molar-refractivity contribution in [3.8, 4) is 5.75 Å². The summed E-state index contributed by atoms with van der Waals surface area (Å²) in [5.41, 5.74) is 1.06. The number of ether oxygens (including phenoxy) is 1. The van der Waals surface area contributed by atoms with Crippen LogP contribution in [0, 0.1) is 0 Å². The zero-order valence-electron chi connectivity index (χ0n) is 18.4. The lowest BCUT2D eigenvalue weighted by atomic mass is 10.2. The number of amides is 2. The van der Waals surface area contributed by atoms with E-state index in [1.807, 2.05) is 0 Å². The van der Waals surface area contributed by atoms with Gasteiger partial charge in [0.15, 0.2) is 9.84 Å². The van der Waals surface area contributed by atoms with Gasteiger partial charge >= 0.3 is 0 Å². The molecule has 2 atom stereocenters. The molecule has 2 fully saturated rings. The van der Waals surface area contributed by atoms with E-state index in [0.717, 1.165) is 11.8 Å². The van der Waals surface area contributed by atoms with E-state index in [4.69, 9.17) is 51.8 Å². The molecule has 7 nitrogen and oxygen atoms in total. The number of nitrogens with one attached hydrogen (secondary N) is 1. The molecule has 0 unspecified atom stereocenters. The van der Waals surface area contributed by atoms with Gasteiger partial charge in [0.2, 0.25) is 10.0 Å². The van der Waals surface area contributed by atoms with Gasteiger partial charge in [-0.1, -0.05) is 89.1 Å². The Bertz CT molecular complexity index is 1310. The standard InChI is InChI=1S/C23H19Cl3N2O5S3/c24-23(25,26)21(27-19(29)15-4-2-1-3-5-15)33-17-8-6-14(7-9-17)12-18-20(30)28(22(34)35-18)16-10-11-36(31,32)13-16/h1-9,12,16,21H,10-11,13H2,(H,27,29)/b18-12-/t16-,21-/m0/s1. The summed E-state index contributed by atoms with van der Waals surface area (Å²) in [6, 6.07) is 14.6. The fraction of sp³-hybridized carbons (Fsp3) is 0.261. The van der Waals surface area contributed by atoms with Crippen LogP contribution in [-0.2, 0) is 14.6 Å². The molecule has 2 aliphatic heterocycles. The highest BCUT2D eigenvalue weighted by Crippen LogP contribution is 2.37. The first-order valence-corrected chi connectivity index (χ1v) is 14.8. The van der Waals surface area contributed by atoms with Crippen molar-refractivity contribution in [1.29, 1.82) is 0 Å². The number of rotatable bonds is 6. The van der Waals surface area contributed by atoms with E-state index in [1.54, 1.807) is 60.7 Å². The fourth-order valence-corrected chi connectivity index (χ4v) is 7.07. The normalized spacial score (nSPS) is 21.6. The number of alkyl halides is 3. The van der Waals surface area contributed by atoms with Crippen molar-refractivity contribution < 1.29 is 22.7 Å². The topological polar surface area (TPSA) is 92.8 Å². The van der Waals surface area contributed by atoms with Crippen LogP contribution in [-0.4, -0.2) is 57.0 Å². The molecule has 2 aliphatic rings. The predicted octanol–water partition coefficient (Wildman–Crippen LogP) is 4.58. The lowest BCUT2D eigenvalue weighted by molar-refractivity contribution is -0.123. The average molecular weight is 606 g/mol. The Balaban J connectivity index is 1.45. The summed E-state index contributed by atoms with van der Waals surface area (Å²) in [5, 5.41) is 2.56. The number of nitrogens with zero attached hydrogens (tertiary/aromatic N) is 1. The smallest absolute Gasteiger partial charge is 0.266 e. The van der Waals surface area contributed by atoms with E-state index in [1.165, 1.54) is 4.90 Å². The van der Waals surface area contributed by atoms with Crippen molar-refractivity contribution in [2.24, 2.45) is 0 Å². The maximum Gasteiger partial charge on any atom is 0.266 e. The molecule has 2 aromatic rings. The van der Waals surface area contributed by atoms with E-state index in [2.05, 4.69) is 5.32 Å². The van der Waals surface area contributed by atoms with Gasteiger partial charge in [0.25, 0.3) is 11.8 Å². The molecular formula is C23H19Cl3N2O5S3. The quantitative estimate of drug-likeness (QED) is 0.223. The van der Waals surface area contributed by atoms with Crippen molar-refractivity contribution in [2.75, 3.05) is 11.5 Å². The van der Waals surface area contributed by atoms with Crippen LogP contribution in [0.1, 0.15) is 22.3 Å². The molecule has 0 spiro atoms. The zero-order chi connectivity index (χ0) is 26.1. The van der Waals surface area contributed by atoms with Gasteiger partial charge in [-0.15, -0.1) is 0 Å². The molecule has 0 saturated carbocycles. The van der Waals surface area contributed by atoms with Gasteiger partial charge in [0, 0.05) is 5.56 Å². The minimum Gasteiger partial charge on any atom is -0.466 e. The average Bonchev–Trinajstić information content (AvgIpc) is 3.31. The molecule has 2 amide bonds. The number of thiocarbonyl (C=S) groups is 1. The van der Waals surface area contributed by atoms with Gasteiger partial charge in [0.05, 0.1) is 22.5 Å². The van der Waals surface area contributed by atoms with Crippen molar-refractivity contribution in [3.05, 3.63) is 70.6 Å². The molecule has 0 aromatic heterocycles. The molecule has 0 bridgehead atoms. The zero-order valence-corrected chi connectivity index (χ0v) is 23.1. The Hall–Kier alpha value is -1.82. The van der Waals surface area contributed by atoms with Crippen molar-refractivity contribution in [2.45, 2.75) is 22.5 Å². The van der Waals surface area contributed by atoms with Crippen LogP contribution < -0.4 is 10.1 Å². The monoisotopic (exact) mass is 604 g/mol. The molecule has 0 radical (unpaired) electrons. The van der Waals surface area contributed by atoms with Gasteiger partial charge in [-0.3, -0.25) is 14.5 Å². The largest absolute Gasteiger partial charge is 0.466 e. The second kappa shape index (κ2) is 10.9. The Kier molecular flexibility index (Phi) is 8.23. The van der Waals surface area contributed by atoms with Gasteiger partial charge in [-0.25, -0.2) is 8.42 Å². The second-order valence-corrected chi connectivity index (χ2v) is 14.3. The Labute approximate surface area is 233 Å². The second-order valence-electron chi connectivity index (χ2n) is 8.06. The third-order valence-electron chi connectivity index (χ3n) is 5.42. The lowest BCUT2D eigenvalue weighted by Crippen LogP contribution is -2.47. The molecule has 2 aromatic carbocycles. The number of halogens is 3. The van der Waals surface area contributed by atoms with Crippen LogP contribution in [0.25, 0.3) is 6.08 Å². The number of hydrogen-bond acceptors (Lipinski definition) is 7. The lowest BCUT2D eigenvalue weighted by Gasteiger charge is -2.26. The van der Waals surface area contributed by atoms with Crippen molar-refractivity contribution in [3.63, 3.8) is 0 Å². The first-order chi connectivity index (χ1) is 16.9. The van der Waals surface area contributed by atoms with Crippen LogP contribution in [0.5, 0.6) is 5.75 Å². The Morgan fingerprint density at radius 1 is 1.17 bits per heavy atom.